The first-order valence-electron chi connectivity index (χ1n) is 11.1. The minimum absolute atomic E-state index is 0.0723. The first-order chi connectivity index (χ1) is 15.6. The Morgan fingerprint density at radius 1 is 1.00 bits per heavy atom. The molecule has 0 saturated carbocycles. The van der Waals surface area contributed by atoms with Crippen molar-refractivity contribution in [3.8, 4) is 0 Å². The molecule has 0 amide bonds. The van der Waals surface area contributed by atoms with Gasteiger partial charge >= 0.3 is 0 Å². The van der Waals surface area contributed by atoms with Gasteiger partial charge in [0.15, 0.2) is 11.2 Å². The molecule has 2 aromatic carbocycles. The van der Waals surface area contributed by atoms with Crippen LogP contribution in [0.5, 0.6) is 0 Å². The van der Waals surface area contributed by atoms with Crippen molar-refractivity contribution >= 4 is 17.1 Å². The van der Waals surface area contributed by atoms with E-state index in [4.69, 9.17) is 15.7 Å². The number of nitrogens with two attached hydrogens (primary N) is 1. The molecule has 0 spiro atoms. The zero-order valence-electron chi connectivity index (χ0n) is 18.3. The van der Waals surface area contributed by atoms with Gasteiger partial charge in [-0.05, 0) is 24.0 Å². The van der Waals surface area contributed by atoms with Crippen LogP contribution < -0.4 is 16.2 Å². The maximum Gasteiger partial charge on any atom is 0.279 e. The van der Waals surface area contributed by atoms with Gasteiger partial charge in [-0.1, -0.05) is 60.7 Å². The summed E-state index contributed by atoms with van der Waals surface area (Å²) in [4.78, 5) is 25.5. The number of piperidine rings is 1. The Labute approximate surface area is 187 Å². The van der Waals surface area contributed by atoms with E-state index in [0.29, 0.717) is 30.0 Å². The summed E-state index contributed by atoms with van der Waals surface area (Å²) in [5, 5.41) is 0. The second-order valence-corrected chi connectivity index (χ2v) is 8.56. The molecule has 7 heteroatoms. The molecule has 3 heterocycles. The van der Waals surface area contributed by atoms with Crippen LogP contribution in [0.3, 0.4) is 0 Å². The molecule has 0 aliphatic carbocycles. The fourth-order valence-corrected chi connectivity index (χ4v) is 4.48. The highest BCUT2D eigenvalue weighted by molar-refractivity contribution is 5.74. The van der Waals surface area contributed by atoms with E-state index in [0.717, 1.165) is 43.0 Å². The van der Waals surface area contributed by atoms with E-state index in [1.807, 2.05) is 53.1 Å². The average Bonchev–Trinajstić information content (AvgIpc) is 3.17. The molecule has 1 atom stereocenters. The van der Waals surface area contributed by atoms with Crippen LogP contribution in [-0.2, 0) is 20.0 Å². The van der Waals surface area contributed by atoms with E-state index in [-0.39, 0.29) is 11.6 Å². The average molecular weight is 429 g/mol. The molecule has 1 unspecified atom stereocenters. The molecule has 1 fully saturated rings. The predicted molar refractivity (Wildman–Crippen MR) is 127 cm³/mol. The maximum atomic E-state index is 13.5. The molecule has 164 valence electrons. The summed E-state index contributed by atoms with van der Waals surface area (Å²) in [6.07, 6.45) is 2.61. The van der Waals surface area contributed by atoms with E-state index < -0.39 is 0 Å². The highest BCUT2D eigenvalue weighted by atomic mass is 16.1. The van der Waals surface area contributed by atoms with Gasteiger partial charge in [-0.15, -0.1) is 0 Å². The monoisotopic (exact) mass is 428 g/mol. The third-order valence-electron chi connectivity index (χ3n) is 6.19. The lowest BCUT2D eigenvalue weighted by Crippen LogP contribution is -2.44. The summed E-state index contributed by atoms with van der Waals surface area (Å²) >= 11 is 0. The first kappa shape index (κ1) is 20.5. The number of nitrogens with zero attached hydrogens (tertiary/aromatic N) is 5. The van der Waals surface area contributed by atoms with Crippen molar-refractivity contribution in [2.24, 2.45) is 12.8 Å². The quantitative estimate of drug-likeness (QED) is 0.529. The van der Waals surface area contributed by atoms with Crippen LogP contribution in [-0.4, -0.2) is 38.2 Å². The molecule has 4 aromatic rings. The van der Waals surface area contributed by atoms with E-state index in [1.165, 1.54) is 0 Å². The van der Waals surface area contributed by atoms with Crippen molar-refractivity contribution in [2.45, 2.75) is 31.8 Å². The zero-order chi connectivity index (χ0) is 22.1. The van der Waals surface area contributed by atoms with Crippen LogP contribution in [0.25, 0.3) is 11.2 Å². The summed E-state index contributed by atoms with van der Waals surface area (Å²) in [6, 6.07) is 20.3. The number of anilines is 1. The van der Waals surface area contributed by atoms with Crippen LogP contribution in [0, 0.1) is 0 Å². The van der Waals surface area contributed by atoms with Gasteiger partial charge in [0, 0.05) is 32.6 Å². The van der Waals surface area contributed by atoms with Gasteiger partial charge in [-0.3, -0.25) is 13.9 Å². The molecule has 5 rings (SSSR count). The highest BCUT2D eigenvalue weighted by Gasteiger charge is 2.25. The Kier molecular flexibility index (Phi) is 5.49. The van der Waals surface area contributed by atoms with Gasteiger partial charge in [-0.25, -0.2) is 4.98 Å². The molecular weight excluding hydrogens is 400 g/mol. The maximum absolute atomic E-state index is 13.5. The summed E-state index contributed by atoms with van der Waals surface area (Å²) in [6.45, 7) is 2.17. The molecule has 1 aliphatic rings. The van der Waals surface area contributed by atoms with Crippen LogP contribution in [0.15, 0.2) is 65.5 Å². The Hall–Kier alpha value is -3.45. The zero-order valence-corrected chi connectivity index (χ0v) is 18.3. The standard InChI is InChI=1S/C25H28N6O/c1-29-21(15-18-9-4-2-5-10-18)27-23-22(24(29)32)31(16-19-11-6-3-7-12-19)25(28-23)30-14-8-13-20(26)17-30/h2-7,9-12,20H,8,13-17,26H2,1H3. The van der Waals surface area contributed by atoms with Crippen LogP contribution in [0.4, 0.5) is 5.95 Å². The van der Waals surface area contributed by atoms with E-state index in [1.54, 1.807) is 11.6 Å². The largest absolute Gasteiger partial charge is 0.341 e. The Bertz CT molecular complexity index is 1280. The molecule has 0 bridgehead atoms. The third-order valence-corrected chi connectivity index (χ3v) is 6.19. The molecule has 1 saturated heterocycles. The second kappa shape index (κ2) is 8.59. The number of hydrogen-bond donors (Lipinski definition) is 1. The molecule has 2 N–H and O–H groups in total. The van der Waals surface area contributed by atoms with Crippen molar-refractivity contribution in [1.82, 2.24) is 19.1 Å². The predicted octanol–water partition coefficient (Wildman–Crippen LogP) is 2.70. The molecular formula is C25H28N6O. The smallest absolute Gasteiger partial charge is 0.279 e. The van der Waals surface area contributed by atoms with Crippen molar-refractivity contribution < 1.29 is 0 Å². The van der Waals surface area contributed by atoms with Crippen molar-refractivity contribution in [2.75, 3.05) is 18.0 Å². The number of imidazole rings is 1. The Morgan fingerprint density at radius 2 is 1.69 bits per heavy atom. The summed E-state index contributed by atoms with van der Waals surface area (Å²) in [7, 11) is 1.80. The van der Waals surface area contributed by atoms with Gasteiger partial charge in [0.2, 0.25) is 5.95 Å². The van der Waals surface area contributed by atoms with Gasteiger partial charge in [-0.2, -0.15) is 4.98 Å². The molecule has 7 nitrogen and oxygen atoms in total. The minimum atomic E-state index is -0.0723. The lowest BCUT2D eigenvalue weighted by atomic mass is 10.1. The van der Waals surface area contributed by atoms with E-state index >= 15 is 0 Å². The molecule has 1 aliphatic heterocycles. The van der Waals surface area contributed by atoms with Gasteiger partial charge in [0.1, 0.15) is 5.82 Å². The summed E-state index contributed by atoms with van der Waals surface area (Å²) in [5.74, 6) is 1.49. The van der Waals surface area contributed by atoms with Crippen molar-refractivity contribution in [1.29, 1.82) is 0 Å². The van der Waals surface area contributed by atoms with Crippen molar-refractivity contribution in [3.05, 3.63) is 88.0 Å². The Balaban J connectivity index is 1.65. The molecule has 2 aromatic heterocycles. The number of benzene rings is 2. The van der Waals surface area contributed by atoms with Crippen molar-refractivity contribution in [3.63, 3.8) is 0 Å². The number of hydrogen-bond acceptors (Lipinski definition) is 5. The van der Waals surface area contributed by atoms with Gasteiger partial charge < -0.3 is 10.6 Å². The summed E-state index contributed by atoms with van der Waals surface area (Å²) in [5.41, 5.74) is 9.47. The topological polar surface area (TPSA) is 82.0 Å². The SMILES string of the molecule is Cn1c(Cc2ccccc2)nc2nc(N3CCCC(N)C3)n(Cc3ccccc3)c2c1=O. The van der Waals surface area contributed by atoms with E-state index in [9.17, 15) is 4.79 Å². The minimum Gasteiger partial charge on any atom is -0.341 e. The van der Waals surface area contributed by atoms with Crippen LogP contribution in [0.2, 0.25) is 0 Å². The lowest BCUT2D eigenvalue weighted by molar-refractivity contribution is 0.495. The fraction of sp³-hybridized carbons (Fsp3) is 0.320. The number of rotatable bonds is 5. The van der Waals surface area contributed by atoms with Crippen LogP contribution >= 0.6 is 0 Å². The molecule has 32 heavy (non-hydrogen) atoms. The lowest BCUT2D eigenvalue weighted by Gasteiger charge is -2.31. The second-order valence-electron chi connectivity index (χ2n) is 8.56. The number of fused-ring (bicyclic) bond motifs is 1. The first-order valence-corrected chi connectivity index (χ1v) is 11.1. The third kappa shape index (κ3) is 3.91. The fourth-order valence-electron chi connectivity index (χ4n) is 4.48. The Morgan fingerprint density at radius 3 is 2.38 bits per heavy atom. The van der Waals surface area contributed by atoms with E-state index in [2.05, 4.69) is 17.0 Å². The van der Waals surface area contributed by atoms with Gasteiger partial charge in [0.05, 0.1) is 6.54 Å². The number of aromatic nitrogens is 4. The summed E-state index contributed by atoms with van der Waals surface area (Å²) < 4.78 is 3.68. The van der Waals surface area contributed by atoms with Crippen LogP contribution in [0.1, 0.15) is 29.8 Å². The highest BCUT2D eigenvalue weighted by Crippen LogP contribution is 2.24. The molecule has 0 radical (unpaired) electrons. The normalized spacial score (nSPS) is 16.6. The van der Waals surface area contributed by atoms with Gasteiger partial charge in [0.25, 0.3) is 5.56 Å².